The molecular formula is C18H36Cl6CrO12P3. The van der Waals surface area contributed by atoms with E-state index in [-0.39, 0.29) is 57.0 Å². The molecule has 0 amide bonds. The van der Waals surface area contributed by atoms with Crippen LogP contribution in [0.2, 0.25) is 0 Å². The molecule has 0 saturated heterocycles. The fourth-order valence-corrected chi connectivity index (χ4v) is 4.49. The van der Waals surface area contributed by atoms with Gasteiger partial charge in [0, 0.05) is 35.3 Å². The van der Waals surface area contributed by atoms with Gasteiger partial charge in [-0.3, -0.25) is 13.7 Å². The molecule has 0 heterocycles. The second-order valence-corrected chi connectivity index (χ2v) is 13.1. The van der Waals surface area contributed by atoms with E-state index in [0.717, 1.165) is 0 Å². The SMILES string of the molecule is O=P([O-])(OCCCCl)OCCCCl.O=P([O-])(OCCCCl)OCCCCl.O=P([O-])(OCCCCl)OCCCCl.[Cr+3]. The van der Waals surface area contributed by atoms with Crippen LogP contribution in [0.25, 0.3) is 0 Å². The number of hydrogen-bond acceptors (Lipinski definition) is 12. The summed E-state index contributed by atoms with van der Waals surface area (Å²) in [6.45, 7) is 0.364. The third-order valence-electron chi connectivity index (χ3n) is 3.16. The zero-order valence-electron chi connectivity index (χ0n) is 21.6. The van der Waals surface area contributed by atoms with E-state index in [1.807, 2.05) is 0 Å². The van der Waals surface area contributed by atoms with Gasteiger partial charge in [-0.05, 0) is 38.5 Å². The largest absolute Gasteiger partial charge is 3.00 e. The number of hydrogen-bond donors (Lipinski definition) is 0. The molecule has 0 N–H and O–H groups in total. The van der Waals surface area contributed by atoms with Crippen LogP contribution in [-0.4, -0.2) is 74.9 Å². The summed E-state index contributed by atoms with van der Waals surface area (Å²) in [6.07, 6.45) is 2.87. The van der Waals surface area contributed by atoms with Gasteiger partial charge in [0.05, 0.1) is 39.6 Å². The monoisotopic (exact) mass is 799 g/mol. The Kier molecular flexibility index (Phi) is 42.6. The maximum absolute atomic E-state index is 10.9. The van der Waals surface area contributed by atoms with E-state index in [2.05, 4.69) is 27.1 Å². The zero-order chi connectivity index (χ0) is 30.5. The fraction of sp³-hybridized carbons (Fsp3) is 1.00. The first-order valence-electron chi connectivity index (χ1n) is 11.5. The summed E-state index contributed by atoms with van der Waals surface area (Å²) >= 11 is 32.0. The second kappa shape index (κ2) is 34.5. The molecule has 22 heteroatoms. The van der Waals surface area contributed by atoms with Gasteiger partial charge in [0.1, 0.15) is 0 Å². The van der Waals surface area contributed by atoms with Crippen molar-refractivity contribution in [2.24, 2.45) is 0 Å². The van der Waals surface area contributed by atoms with Crippen LogP contribution in [-0.2, 0) is 58.2 Å². The Bertz CT molecular complexity index is 550. The second-order valence-electron chi connectivity index (χ2n) is 6.60. The van der Waals surface area contributed by atoms with Crippen LogP contribution in [0.15, 0.2) is 0 Å². The molecule has 0 rings (SSSR count). The molecule has 0 saturated carbocycles. The van der Waals surface area contributed by atoms with Crippen molar-refractivity contribution in [3.8, 4) is 0 Å². The zero-order valence-corrected chi connectivity index (χ0v) is 30.1. The van der Waals surface area contributed by atoms with E-state index in [4.69, 9.17) is 69.6 Å². The quantitative estimate of drug-likeness (QED) is 0.0707. The molecule has 0 aliphatic rings. The molecule has 0 unspecified atom stereocenters. The van der Waals surface area contributed by atoms with Crippen LogP contribution < -0.4 is 14.7 Å². The smallest absolute Gasteiger partial charge is 0.756 e. The van der Waals surface area contributed by atoms with Gasteiger partial charge >= 0.3 is 17.4 Å². The Morgan fingerprint density at radius 2 is 0.500 bits per heavy atom. The maximum atomic E-state index is 10.9. The number of phosphoric ester groups is 3. The van der Waals surface area contributed by atoms with Crippen molar-refractivity contribution in [1.29, 1.82) is 0 Å². The summed E-state index contributed by atoms with van der Waals surface area (Å²) in [5, 5.41) is 0. The molecule has 0 spiro atoms. The van der Waals surface area contributed by atoms with E-state index in [1.54, 1.807) is 0 Å². The Labute approximate surface area is 277 Å². The standard InChI is InChI=1S/3C6H13Cl2O4P.Cr/c3*7-3-1-5-11-13(9,10)12-6-2-4-8;/h3*1-6H2,(H,9,10);/q;;;+3/p-3. The molecule has 0 aliphatic carbocycles. The summed E-state index contributed by atoms with van der Waals surface area (Å²) in [6, 6.07) is 0. The molecule has 1 radical (unpaired) electrons. The van der Waals surface area contributed by atoms with Crippen molar-refractivity contribution in [2.75, 3.05) is 74.9 Å². The van der Waals surface area contributed by atoms with Gasteiger partial charge in [0.2, 0.25) is 0 Å². The first kappa shape index (κ1) is 49.5. The molecule has 0 aromatic carbocycles. The Balaban J connectivity index is -0.000000240. The van der Waals surface area contributed by atoms with Gasteiger partial charge in [-0.2, -0.15) is 0 Å². The molecule has 40 heavy (non-hydrogen) atoms. The number of phosphoric acid groups is 3. The minimum atomic E-state index is -4.12. The summed E-state index contributed by atoms with van der Waals surface area (Å²) in [4.78, 5) is 32.6. The van der Waals surface area contributed by atoms with E-state index in [1.165, 1.54) is 0 Å². The van der Waals surface area contributed by atoms with Gasteiger partial charge in [-0.15, -0.1) is 69.6 Å². The maximum Gasteiger partial charge on any atom is 3.00 e. The van der Waals surface area contributed by atoms with Crippen LogP contribution >= 0.6 is 93.1 Å². The van der Waals surface area contributed by atoms with Gasteiger partial charge in [0.15, 0.2) is 0 Å². The molecule has 12 nitrogen and oxygen atoms in total. The Hall–Kier alpha value is 2.60. The van der Waals surface area contributed by atoms with Gasteiger partial charge in [-0.25, -0.2) is 0 Å². The minimum Gasteiger partial charge on any atom is -0.756 e. The normalized spacial score (nSPS) is 11.6. The average molecular weight is 802 g/mol. The van der Waals surface area contributed by atoms with Crippen molar-refractivity contribution in [3.05, 3.63) is 0 Å². The van der Waals surface area contributed by atoms with Crippen LogP contribution in [0, 0.1) is 0 Å². The van der Waals surface area contributed by atoms with Gasteiger partial charge in [0.25, 0.3) is 23.5 Å². The van der Waals surface area contributed by atoms with Gasteiger partial charge < -0.3 is 41.8 Å². The fourth-order valence-electron chi connectivity index (χ4n) is 1.50. The topological polar surface area (TPSA) is 176 Å². The summed E-state index contributed by atoms with van der Waals surface area (Å²) in [7, 11) is -12.4. The number of alkyl halides is 6. The number of rotatable bonds is 24. The molecular weight excluding hydrogens is 766 g/mol. The van der Waals surface area contributed by atoms with E-state index in [0.29, 0.717) is 73.8 Å². The Morgan fingerprint density at radius 3 is 0.600 bits per heavy atom. The summed E-state index contributed by atoms with van der Waals surface area (Å²) < 4.78 is 59.4. The van der Waals surface area contributed by atoms with Crippen molar-refractivity contribution in [2.45, 2.75) is 38.5 Å². The van der Waals surface area contributed by atoms with E-state index in [9.17, 15) is 28.4 Å². The van der Waals surface area contributed by atoms with Crippen LogP contribution in [0.4, 0.5) is 0 Å². The van der Waals surface area contributed by atoms with E-state index < -0.39 is 23.5 Å². The third-order valence-corrected chi connectivity index (χ3v) is 7.76. The molecule has 0 aromatic rings. The van der Waals surface area contributed by atoms with Crippen LogP contribution in [0.1, 0.15) is 38.5 Å². The van der Waals surface area contributed by atoms with E-state index >= 15 is 0 Å². The average Bonchev–Trinajstić information content (AvgIpc) is 2.85. The van der Waals surface area contributed by atoms with Crippen molar-refractivity contribution >= 4 is 93.1 Å². The van der Waals surface area contributed by atoms with Crippen molar-refractivity contribution < 1.29 is 72.9 Å². The minimum absolute atomic E-state index is 0. The van der Waals surface area contributed by atoms with Crippen LogP contribution in [0.3, 0.4) is 0 Å². The molecule has 0 aliphatic heterocycles. The molecule has 0 bridgehead atoms. The summed E-state index contributed by atoms with van der Waals surface area (Å²) in [5.74, 6) is 2.18. The van der Waals surface area contributed by atoms with Gasteiger partial charge in [-0.1, -0.05) is 0 Å². The predicted molar refractivity (Wildman–Crippen MR) is 151 cm³/mol. The first-order valence-corrected chi connectivity index (χ1v) is 19.1. The molecule has 0 aromatic heterocycles. The number of halogens is 6. The molecule has 243 valence electrons. The first-order chi connectivity index (χ1) is 18.4. The van der Waals surface area contributed by atoms with Crippen molar-refractivity contribution in [1.82, 2.24) is 0 Å². The molecule has 0 atom stereocenters. The van der Waals surface area contributed by atoms with Crippen LogP contribution in [0.5, 0.6) is 0 Å². The third kappa shape index (κ3) is 42.7. The van der Waals surface area contributed by atoms with Crippen molar-refractivity contribution in [3.63, 3.8) is 0 Å². The predicted octanol–water partition coefficient (Wildman–Crippen LogP) is 5.23. The Morgan fingerprint density at radius 1 is 0.375 bits per heavy atom. The molecule has 0 fully saturated rings. The summed E-state index contributed by atoms with van der Waals surface area (Å²) in [5.41, 5.74) is 0.